The van der Waals surface area contributed by atoms with Crippen LogP contribution in [0, 0.1) is 0 Å². The molecule has 7 heavy (non-hydrogen) atoms. The molecular formula is HF2LiO3S. The summed E-state index contributed by atoms with van der Waals surface area (Å²) in [5.41, 5.74) is 0. The molecule has 0 atom stereocenters. The van der Waals surface area contributed by atoms with Crippen molar-refractivity contribution >= 4 is 29.4 Å². The minimum atomic E-state index is -5.33. The van der Waals surface area contributed by atoms with E-state index in [0.29, 0.717) is 0 Å². The van der Waals surface area contributed by atoms with E-state index in [9.17, 15) is 8.41 Å². The molecule has 0 aliphatic carbocycles. The molecule has 0 spiro atoms. The van der Waals surface area contributed by atoms with Gasteiger partial charge in [-0.15, -0.1) is 0 Å². The van der Waals surface area contributed by atoms with Crippen molar-refractivity contribution in [1.29, 1.82) is 0 Å². The topological polar surface area (TPSA) is 43.4 Å². The Kier molecular flexibility index (Phi) is 5.01. The van der Waals surface area contributed by atoms with Crippen LogP contribution >= 0.6 is 0 Å². The van der Waals surface area contributed by atoms with Gasteiger partial charge in [-0.2, -0.15) is 8.42 Å². The third-order valence-corrected chi connectivity index (χ3v) is 0.226. The molecule has 3 nitrogen and oxygen atoms in total. The van der Waals surface area contributed by atoms with E-state index in [1.165, 1.54) is 0 Å². The molecular weight excluding hydrogens is 125 g/mol. The van der Waals surface area contributed by atoms with Crippen molar-refractivity contribution in [2.75, 3.05) is 0 Å². The van der Waals surface area contributed by atoms with Crippen molar-refractivity contribution in [2.24, 2.45) is 0 Å². The predicted octanol–water partition coefficient (Wildman–Crippen LogP) is -0.547. The van der Waals surface area contributed by atoms with Gasteiger partial charge in [0.2, 0.25) is 0 Å². The molecule has 0 bridgehead atoms. The molecule has 0 saturated heterocycles. The molecule has 0 fully saturated rings. The van der Waals surface area contributed by atoms with Crippen LogP contribution in [0.15, 0.2) is 0 Å². The molecule has 40 valence electrons. The SMILES string of the molecule is O=S(=O)(F)OF.[LiH]. The molecule has 0 aromatic carbocycles. The van der Waals surface area contributed by atoms with Gasteiger partial charge in [-0.25, -0.2) is 0 Å². The van der Waals surface area contributed by atoms with Gasteiger partial charge in [0, 0.05) is 0 Å². The third kappa shape index (κ3) is 10.7. The molecule has 0 aliphatic rings. The standard InChI is InChI=1S/F2O3S.Li.H/c1-5-6(2,3)4;;. The zero-order valence-corrected chi connectivity index (χ0v) is 3.21. The second-order valence-corrected chi connectivity index (χ2v) is 1.37. The molecule has 0 N–H and O–H groups in total. The third-order valence-electron chi connectivity index (χ3n) is 0.0752. The summed E-state index contributed by atoms with van der Waals surface area (Å²) in [4.78, 5) is 0. The summed E-state index contributed by atoms with van der Waals surface area (Å²) < 4.78 is 39.7. The van der Waals surface area contributed by atoms with E-state index >= 15 is 0 Å². The monoisotopic (exact) mass is 126 g/mol. The summed E-state index contributed by atoms with van der Waals surface area (Å²) in [6.07, 6.45) is 0. The molecule has 0 aliphatic heterocycles. The van der Waals surface area contributed by atoms with Gasteiger partial charge in [0.1, 0.15) is 0 Å². The Hall–Kier alpha value is 0.367. The average molecular weight is 126 g/mol. The summed E-state index contributed by atoms with van der Waals surface area (Å²) in [7, 11) is -5.33. The first kappa shape index (κ1) is 10.4. The molecule has 7 heteroatoms. The molecule has 0 aromatic rings. The molecule has 0 unspecified atom stereocenters. The van der Waals surface area contributed by atoms with Crippen LogP contribution in [0.25, 0.3) is 0 Å². The van der Waals surface area contributed by atoms with Crippen LogP contribution in [-0.4, -0.2) is 27.3 Å². The number of halogens is 2. The first-order valence-electron chi connectivity index (χ1n) is 0.809. The second-order valence-electron chi connectivity index (χ2n) is 0.456. The quantitative estimate of drug-likeness (QED) is 0.350. The average Bonchev–Trinajstić information content (AvgIpc) is 1.35. The summed E-state index contributed by atoms with van der Waals surface area (Å²) in [6, 6.07) is 0. The fourth-order valence-electron chi connectivity index (χ4n) is 0. The molecule has 0 aromatic heterocycles. The van der Waals surface area contributed by atoms with E-state index in [2.05, 4.69) is 0 Å². The van der Waals surface area contributed by atoms with Crippen LogP contribution in [0.2, 0.25) is 0 Å². The van der Waals surface area contributed by atoms with E-state index in [4.69, 9.17) is 8.42 Å². The van der Waals surface area contributed by atoms with E-state index in [1.807, 2.05) is 0 Å². The first-order chi connectivity index (χ1) is 2.56. The molecule has 0 radical (unpaired) electrons. The summed E-state index contributed by atoms with van der Waals surface area (Å²) in [5.74, 6) is 0. The summed E-state index contributed by atoms with van der Waals surface area (Å²) in [5, 5.41) is 0. The fourth-order valence-corrected chi connectivity index (χ4v) is 0. The number of hydrogen-bond donors (Lipinski definition) is 0. The second kappa shape index (κ2) is 3.38. The number of hydrogen-bond acceptors (Lipinski definition) is 3. The van der Waals surface area contributed by atoms with Crippen molar-refractivity contribution < 1.29 is 21.2 Å². The number of rotatable bonds is 1. The molecule has 0 amide bonds. The Morgan fingerprint density at radius 2 is 1.57 bits per heavy atom. The Balaban J connectivity index is 0. The maximum absolute atomic E-state index is 10.5. The Morgan fingerprint density at radius 3 is 1.57 bits per heavy atom. The van der Waals surface area contributed by atoms with Crippen LogP contribution in [0.3, 0.4) is 0 Å². The van der Waals surface area contributed by atoms with Gasteiger partial charge >= 0.3 is 29.4 Å². The van der Waals surface area contributed by atoms with Crippen LogP contribution in [0.1, 0.15) is 0 Å². The van der Waals surface area contributed by atoms with Crippen molar-refractivity contribution in [3.05, 3.63) is 0 Å². The van der Waals surface area contributed by atoms with Crippen molar-refractivity contribution in [3.8, 4) is 0 Å². The Bertz CT molecular complexity index is 115. The van der Waals surface area contributed by atoms with Crippen LogP contribution < -0.4 is 0 Å². The van der Waals surface area contributed by atoms with Gasteiger partial charge in [-0.3, -0.25) is 0 Å². The molecule has 0 heterocycles. The van der Waals surface area contributed by atoms with Gasteiger partial charge in [0.25, 0.3) is 0 Å². The molecule has 0 saturated carbocycles. The zero-order valence-electron chi connectivity index (χ0n) is 2.39. The zero-order chi connectivity index (χ0) is 5.21. The van der Waals surface area contributed by atoms with E-state index < -0.39 is 10.5 Å². The Morgan fingerprint density at radius 1 is 1.43 bits per heavy atom. The van der Waals surface area contributed by atoms with Crippen LogP contribution in [-0.2, 0) is 14.9 Å². The van der Waals surface area contributed by atoms with Gasteiger partial charge in [0.15, 0.2) is 0 Å². The minimum absolute atomic E-state index is 0. The first-order valence-corrected chi connectivity index (χ1v) is 2.12. The van der Waals surface area contributed by atoms with Gasteiger partial charge in [-0.1, -0.05) is 3.89 Å². The van der Waals surface area contributed by atoms with Crippen LogP contribution in [0.5, 0.6) is 0 Å². The summed E-state index contributed by atoms with van der Waals surface area (Å²) >= 11 is 0. The van der Waals surface area contributed by atoms with E-state index in [-0.39, 0.29) is 18.9 Å². The van der Waals surface area contributed by atoms with Crippen molar-refractivity contribution in [3.63, 3.8) is 0 Å². The van der Waals surface area contributed by atoms with Crippen LogP contribution in [0.4, 0.5) is 8.41 Å². The van der Waals surface area contributed by atoms with E-state index in [1.54, 1.807) is 4.39 Å². The van der Waals surface area contributed by atoms with Crippen molar-refractivity contribution in [1.82, 2.24) is 0 Å². The van der Waals surface area contributed by atoms with Gasteiger partial charge < -0.3 is 0 Å². The predicted molar refractivity (Wildman–Crippen MR) is 19.4 cm³/mol. The Labute approximate surface area is 51.1 Å². The summed E-state index contributed by atoms with van der Waals surface area (Å²) in [6.45, 7) is 0. The van der Waals surface area contributed by atoms with Gasteiger partial charge in [0.05, 0.1) is 0 Å². The maximum atomic E-state index is 10.5. The van der Waals surface area contributed by atoms with Gasteiger partial charge in [-0.05, 0) is 8.91 Å². The molecule has 0 rings (SSSR count). The fraction of sp³-hybridized carbons (Fsp3) is 0. The van der Waals surface area contributed by atoms with E-state index in [0.717, 1.165) is 0 Å². The normalized spacial score (nSPS) is 10.0. The van der Waals surface area contributed by atoms with Crippen molar-refractivity contribution in [2.45, 2.75) is 0 Å².